The van der Waals surface area contributed by atoms with E-state index in [2.05, 4.69) is 17.9 Å². The van der Waals surface area contributed by atoms with Crippen molar-refractivity contribution in [3.8, 4) is 6.07 Å². The molecule has 0 spiro atoms. The van der Waals surface area contributed by atoms with Crippen molar-refractivity contribution in [2.24, 2.45) is 5.41 Å². The highest BCUT2D eigenvalue weighted by atomic mass is 16.2. The van der Waals surface area contributed by atoms with Gasteiger partial charge in [0, 0.05) is 12.6 Å². The van der Waals surface area contributed by atoms with E-state index in [0.29, 0.717) is 6.04 Å². The van der Waals surface area contributed by atoms with Crippen molar-refractivity contribution in [1.29, 1.82) is 5.26 Å². The van der Waals surface area contributed by atoms with E-state index < -0.39 is 5.41 Å². The van der Waals surface area contributed by atoms with Gasteiger partial charge in [0.15, 0.2) is 0 Å². The molecule has 0 bridgehead atoms. The average Bonchev–Trinajstić information content (AvgIpc) is 2.87. The van der Waals surface area contributed by atoms with E-state index in [9.17, 15) is 10.1 Å². The summed E-state index contributed by atoms with van der Waals surface area (Å²) >= 11 is 0. The first-order valence-corrected chi connectivity index (χ1v) is 8.46. The molecule has 1 amide bonds. The SMILES string of the molecule is CCC1CCCCCN1C(=O)C1(C#N)CCCCCC1. The summed E-state index contributed by atoms with van der Waals surface area (Å²) in [4.78, 5) is 15.2. The fourth-order valence-corrected chi connectivity index (χ4v) is 3.85. The summed E-state index contributed by atoms with van der Waals surface area (Å²) in [5.41, 5.74) is -0.714. The van der Waals surface area contributed by atoms with Crippen molar-refractivity contribution in [3.63, 3.8) is 0 Å². The van der Waals surface area contributed by atoms with Gasteiger partial charge in [-0.3, -0.25) is 4.79 Å². The molecule has 1 heterocycles. The molecule has 2 rings (SSSR count). The fourth-order valence-electron chi connectivity index (χ4n) is 3.85. The Balaban J connectivity index is 2.19. The van der Waals surface area contributed by atoms with E-state index in [-0.39, 0.29) is 5.91 Å². The van der Waals surface area contributed by atoms with E-state index in [1.54, 1.807) is 0 Å². The van der Waals surface area contributed by atoms with Crippen molar-refractivity contribution in [2.75, 3.05) is 6.54 Å². The molecule has 3 heteroatoms. The van der Waals surface area contributed by atoms with Crippen LogP contribution in [0.1, 0.15) is 77.6 Å². The first kappa shape index (κ1) is 15.4. The molecule has 3 nitrogen and oxygen atoms in total. The van der Waals surface area contributed by atoms with Crippen LogP contribution in [-0.2, 0) is 4.79 Å². The van der Waals surface area contributed by atoms with Crippen molar-refractivity contribution in [3.05, 3.63) is 0 Å². The molecule has 1 saturated carbocycles. The highest BCUT2D eigenvalue weighted by Crippen LogP contribution is 2.37. The van der Waals surface area contributed by atoms with Crippen LogP contribution in [-0.4, -0.2) is 23.4 Å². The number of hydrogen-bond acceptors (Lipinski definition) is 2. The van der Waals surface area contributed by atoms with E-state index in [1.807, 2.05) is 0 Å². The Morgan fingerprint density at radius 3 is 2.40 bits per heavy atom. The Hall–Kier alpha value is -1.04. The first-order chi connectivity index (χ1) is 9.73. The van der Waals surface area contributed by atoms with Gasteiger partial charge in [0.25, 0.3) is 0 Å². The second-order valence-electron chi connectivity index (χ2n) is 6.52. The second kappa shape index (κ2) is 7.11. The van der Waals surface area contributed by atoms with Gasteiger partial charge in [-0.2, -0.15) is 5.26 Å². The maximum absolute atomic E-state index is 13.1. The molecule has 1 aliphatic carbocycles. The number of carbonyl (C=O) groups excluding carboxylic acids is 1. The number of nitrogens with zero attached hydrogens (tertiary/aromatic N) is 2. The number of likely N-dealkylation sites (tertiary alicyclic amines) is 1. The molecule has 2 aliphatic rings. The number of amides is 1. The monoisotopic (exact) mass is 276 g/mol. The molecule has 1 aliphatic heterocycles. The van der Waals surface area contributed by atoms with Gasteiger partial charge in [0.2, 0.25) is 5.91 Å². The van der Waals surface area contributed by atoms with Crippen LogP contribution in [0.3, 0.4) is 0 Å². The lowest BCUT2D eigenvalue weighted by atomic mass is 9.80. The minimum absolute atomic E-state index is 0.149. The predicted octanol–water partition coefficient (Wildman–Crippen LogP) is 4.03. The van der Waals surface area contributed by atoms with Crippen molar-refractivity contribution < 1.29 is 4.79 Å². The van der Waals surface area contributed by atoms with E-state index >= 15 is 0 Å². The minimum atomic E-state index is -0.714. The quantitative estimate of drug-likeness (QED) is 0.715. The first-order valence-electron chi connectivity index (χ1n) is 8.46. The predicted molar refractivity (Wildman–Crippen MR) is 80.0 cm³/mol. The molecule has 1 atom stereocenters. The molecule has 0 aromatic heterocycles. The van der Waals surface area contributed by atoms with Crippen LogP contribution >= 0.6 is 0 Å². The standard InChI is InChI=1S/C17H28N2O/c1-2-15-10-6-5-9-13-19(15)16(20)17(14-18)11-7-3-4-8-12-17/h15H,2-13H2,1H3. The highest BCUT2D eigenvalue weighted by molar-refractivity contribution is 5.85. The summed E-state index contributed by atoms with van der Waals surface area (Å²) in [5, 5.41) is 9.70. The topological polar surface area (TPSA) is 44.1 Å². The maximum Gasteiger partial charge on any atom is 0.243 e. The van der Waals surface area contributed by atoms with Crippen LogP contribution in [0.2, 0.25) is 0 Å². The van der Waals surface area contributed by atoms with Gasteiger partial charge >= 0.3 is 0 Å². The lowest BCUT2D eigenvalue weighted by Crippen LogP contribution is -2.48. The van der Waals surface area contributed by atoms with Crippen molar-refractivity contribution in [2.45, 2.75) is 83.6 Å². The summed E-state index contributed by atoms with van der Waals surface area (Å²) in [6.45, 7) is 3.03. The summed E-state index contributed by atoms with van der Waals surface area (Å²) in [5.74, 6) is 0.149. The van der Waals surface area contributed by atoms with Gasteiger partial charge in [-0.25, -0.2) is 0 Å². The summed E-state index contributed by atoms with van der Waals surface area (Å²) < 4.78 is 0. The summed E-state index contributed by atoms with van der Waals surface area (Å²) in [7, 11) is 0. The number of rotatable bonds is 2. The molecule has 1 saturated heterocycles. The molecular weight excluding hydrogens is 248 g/mol. The fraction of sp³-hybridized carbons (Fsp3) is 0.882. The minimum Gasteiger partial charge on any atom is -0.338 e. The molecule has 0 radical (unpaired) electrons. The summed E-state index contributed by atoms with van der Waals surface area (Å²) in [6, 6.07) is 2.79. The Bertz CT molecular complexity index is 364. The lowest BCUT2D eigenvalue weighted by molar-refractivity contribution is -0.142. The van der Waals surface area contributed by atoms with Crippen LogP contribution in [0.25, 0.3) is 0 Å². The lowest BCUT2D eigenvalue weighted by Gasteiger charge is -2.36. The third-order valence-corrected chi connectivity index (χ3v) is 5.19. The molecule has 112 valence electrons. The molecular formula is C17H28N2O. The van der Waals surface area contributed by atoms with Gasteiger partial charge < -0.3 is 4.90 Å². The van der Waals surface area contributed by atoms with E-state index in [4.69, 9.17) is 0 Å². The highest BCUT2D eigenvalue weighted by Gasteiger charge is 2.43. The van der Waals surface area contributed by atoms with Gasteiger partial charge in [0.05, 0.1) is 6.07 Å². The third-order valence-electron chi connectivity index (χ3n) is 5.19. The van der Waals surface area contributed by atoms with Crippen molar-refractivity contribution in [1.82, 2.24) is 4.90 Å². The Kier molecular flexibility index (Phi) is 5.46. The third kappa shape index (κ3) is 3.16. The van der Waals surface area contributed by atoms with Crippen molar-refractivity contribution >= 4 is 5.91 Å². The van der Waals surface area contributed by atoms with Gasteiger partial charge in [0.1, 0.15) is 5.41 Å². The van der Waals surface area contributed by atoms with Gasteiger partial charge in [-0.05, 0) is 32.1 Å². The van der Waals surface area contributed by atoms with Crippen LogP contribution in [0.15, 0.2) is 0 Å². The molecule has 20 heavy (non-hydrogen) atoms. The zero-order valence-corrected chi connectivity index (χ0v) is 12.9. The number of carbonyl (C=O) groups is 1. The van der Waals surface area contributed by atoms with E-state index in [1.165, 1.54) is 25.7 Å². The Labute approximate surface area is 123 Å². The van der Waals surface area contributed by atoms with Gasteiger partial charge in [-0.1, -0.05) is 45.4 Å². The van der Waals surface area contributed by atoms with Crippen LogP contribution in [0, 0.1) is 16.7 Å². The largest absolute Gasteiger partial charge is 0.338 e. The molecule has 1 unspecified atom stereocenters. The number of nitriles is 1. The summed E-state index contributed by atoms with van der Waals surface area (Å²) in [6.07, 6.45) is 11.6. The normalized spacial score (nSPS) is 27.2. The molecule has 0 N–H and O–H groups in total. The van der Waals surface area contributed by atoms with Gasteiger partial charge in [-0.15, -0.1) is 0 Å². The zero-order valence-electron chi connectivity index (χ0n) is 12.9. The van der Waals surface area contributed by atoms with Crippen LogP contribution < -0.4 is 0 Å². The van der Waals surface area contributed by atoms with E-state index in [0.717, 1.165) is 51.5 Å². The zero-order chi connectivity index (χ0) is 14.4. The molecule has 0 aromatic rings. The Morgan fingerprint density at radius 2 is 1.80 bits per heavy atom. The van der Waals surface area contributed by atoms with Crippen LogP contribution in [0.4, 0.5) is 0 Å². The smallest absolute Gasteiger partial charge is 0.243 e. The maximum atomic E-state index is 13.1. The average molecular weight is 276 g/mol. The molecule has 0 aromatic carbocycles. The molecule has 2 fully saturated rings. The Morgan fingerprint density at radius 1 is 1.15 bits per heavy atom. The second-order valence-corrected chi connectivity index (χ2v) is 6.52. The number of hydrogen-bond donors (Lipinski definition) is 0. The van der Waals surface area contributed by atoms with Crippen LogP contribution in [0.5, 0.6) is 0 Å².